The Morgan fingerprint density at radius 1 is 0.640 bits per heavy atom. The Bertz CT molecular complexity index is 1390. The lowest BCUT2D eigenvalue weighted by Crippen LogP contribution is -2.22. The van der Waals surface area contributed by atoms with Crippen LogP contribution in [0, 0.1) is 31.1 Å². The fourth-order valence-corrected chi connectivity index (χ4v) is 4.33. The summed E-state index contributed by atoms with van der Waals surface area (Å²) in [5.74, 6) is -1.95. The van der Waals surface area contributed by atoms with Crippen LogP contribution < -0.4 is 5.32 Å². The highest BCUT2D eigenvalue weighted by atomic mass is 16.6. The van der Waals surface area contributed by atoms with Crippen molar-refractivity contribution in [3.05, 3.63) is 141 Å². The lowest BCUT2D eigenvalue weighted by atomic mass is 9.90. The fraction of sp³-hybridized carbons (Fsp3) is 0.293. The van der Waals surface area contributed by atoms with Gasteiger partial charge in [-0.05, 0) is 61.9 Å². The lowest BCUT2D eigenvalue weighted by molar-refractivity contribution is -0.144. The smallest absolute Gasteiger partial charge is 0.330 e. The molecule has 1 atom stereocenters. The number of anilines is 2. The van der Waals surface area contributed by atoms with E-state index in [-0.39, 0.29) is 44.2 Å². The largest absolute Gasteiger partial charge is 0.462 e. The Morgan fingerprint density at radius 2 is 1.06 bits per heavy atom. The molecule has 0 amide bonds. The first-order valence-electron chi connectivity index (χ1n) is 16.4. The molecule has 9 nitrogen and oxygen atoms in total. The van der Waals surface area contributed by atoms with Crippen molar-refractivity contribution < 1.29 is 38.1 Å². The summed E-state index contributed by atoms with van der Waals surface area (Å²) >= 11 is 0. The van der Waals surface area contributed by atoms with Crippen LogP contribution in [0.4, 0.5) is 11.4 Å². The third-order valence-electron chi connectivity index (χ3n) is 6.87. The Morgan fingerprint density at radius 3 is 1.46 bits per heavy atom. The molecular weight excluding hydrogens is 634 g/mol. The summed E-state index contributed by atoms with van der Waals surface area (Å²) in [5.41, 5.74) is 4.24. The first-order valence-corrected chi connectivity index (χ1v) is 16.4. The predicted octanol–water partition coefficient (Wildman–Crippen LogP) is 7.78. The van der Waals surface area contributed by atoms with Gasteiger partial charge in [0.1, 0.15) is 0 Å². The maximum Gasteiger partial charge on any atom is 0.330 e. The van der Waals surface area contributed by atoms with Gasteiger partial charge in [-0.25, -0.2) is 19.2 Å². The highest BCUT2D eigenvalue weighted by Gasteiger charge is 2.19. The van der Waals surface area contributed by atoms with Gasteiger partial charge in [0.25, 0.3) is 0 Å². The van der Waals surface area contributed by atoms with E-state index in [1.807, 2.05) is 75.4 Å². The second-order valence-corrected chi connectivity index (χ2v) is 10.8. The van der Waals surface area contributed by atoms with Crippen molar-refractivity contribution in [3.63, 3.8) is 0 Å². The van der Waals surface area contributed by atoms with Crippen molar-refractivity contribution in [1.29, 1.82) is 0 Å². The number of rotatable bonds is 18. The number of benzene rings is 2. The van der Waals surface area contributed by atoms with Crippen molar-refractivity contribution in [2.45, 2.75) is 33.6 Å². The van der Waals surface area contributed by atoms with Crippen LogP contribution in [0.25, 0.3) is 0 Å². The predicted molar refractivity (Wildman–Crippen MR) is 198 cm³/mol. The SMILES string of the molecule is C=CC(=O)OCC(COC(=O)C=C)CC1[CH]C=CC=C1.C=CC(=O)OCC(COC(=O)C=C)Cc1ccc(Nc2ccc(C)cc2)cc1.CC. The summed E-state index contributed by atoms with van der Waals surface area (Å²) in [7, 11) is 0. The van der Waals surface area contributed by atoms with Gasteiger partial charge in [0.05, 0.1) is 26.4 Å². The Balaban J connectivity index is 0.000000501. The summed E-state index contributed by atoms with van der Waals surface area (Å²) < 4.78 is 20.3. The number of carbonyl (C=O) groups excluding carboxylic acids is 4. The molecule has 1 aliphatic carbocycles. The van der Waals surface area contributed by atoms with E-state index < -0.39 is 23.9 Å². The van der Waals surface area contributed by atoms with E-state index in [1.54, 1.807) is 0 Å². The van der Waals surface area contributed by atoms with Crippen LogP contribution in [0.3, 0.4) is 0 Å². The number of hydrogen-bond acceptors (Lipinski definition) is 9. The quantitative estimate of drug-likeness (QED) is 0.0954. The van der Waals surface area contributed by atoms with Gasteiger partial charge >= 0.3 is 23.9 Å². The van der Waals surface area contributed by atoms with Gasteiger partial charge in [-0.15, -0.1) is 0 Å². The summed E-state index contributed by atoms with van der Waals surface area (Å²) in [6, 6.07) is 16.1. The van der Waals surface area contributed by atoms with E-state index in [0.29, 0.717) is 6.42 Å². The normalized spacial score (nSPS) is 12.5. The monoisotopic (exact) mass is 684 g/mol. The molecule has 267 valence electrons. The van der Waals surface area contributed by atoms with Crippen LogP contribution in [0.15, 0.2) is 123 Å². The standard InChI is InChI=1S/C23H25NO4.C16H19O4.C2H6/c1-4-22(25)27-15-19(16-28-23(26)5-2)14-18-8-12-21(13-9-18)24-20-10-6-17(3)7-11-20;1-3-15(17)19-11-14(12-20-16(18)4-2)10-13-8-6-5-7-9-13;1-2/h4-13,19,24H,1-2,14-16H2,3H3;3-9,13-14H,1-2,10-12H2;1-2H3. The Kier molecular flexibility index (Phi) is 21.8. The summed E-state index contributed by atoms with van der Waals surface area (Å²) in [6.45, 7) is 20.1. The minimum atomic E-state index is -0.502. The maximum atomic E-state index is 11.3. The molecule has 9 heteroatoms. The van der Waals surface area contributed by atoms with E-state index in [1.165, 1.54) is 5.56 Å². The molecule has 0 fully saturated rings. The van der Waals surface area contributed by atoms with Gasteiger partial charge < -0.3 is 24.3 Å². The average Bonchev–Trinajstić information content (AvgIpc) is 3.16. The van der Waals surface area contributed by atoms with E-state index in [0.717, 1.165) is 47.7 Å². The molecule has 0 saturated carbocycles. The van der Waals surface area contributed by atoms with Crippen molar-refractivity contribution >= 4 is 35.3 Å². The first-order chi connectivity index (χ1) is 24.1. The molecule has 50 heavy (non-hydrogen) atoms. The number of aryl methyl sites for hydroxylation is 1. The zero-order chi connectivity index (χ0) is 37.1. The highest BCUT2D eigenvalue weighted by Crippen LogP contribution is 2.22. The molecular formula is C41H50NO8. The molecule has 0 spiro atoms. The van der Waals surface area contributed by atoms with Crippen LogP contribution in [0.5, 0.6) is 0 Å². The third kappa shape index (κ3) is 18.8. The number of allylic oxidation sites excluding steroid dienone is 4. The third-order valence-corrected chi connectivity index (χ3v) is 6.87. The minimum Gasteiger partial charge on any atom is -0.462 e. The van der Waals surface area contributed by atoms with Crippen molar-refractivity contribution in [3.8, 4) is 0 Å². The molecule has 0 bridgehead atoms. The second kappa shape index (κ2) is 25.6. The summed E-state index contributed by atoms with van der Waals surface area (Å²) in [5, 5.41) is 3.35. The molecule has 0 saturated heterocycles. The van der Waals surface area contributed by atoms with Gasteiger partial charge in [-0.2, -0.15) is 0 Å². The van der Waals surface area contributed by atoms with Crippen LogP contribution in [-0.2, 0) is 44.5 Å². The molecule has 1 unspecified atom stereocenters. The molecule has 1 N–H and O–H groups in total. The van der Waals surface area contributed by atoms with E-state index in [4.69, 9.17) is 18.9 Å². The zero-order valence-electron chi connectivity index (χ0n) is 29.4. The van der Waals surface area contributed by atoms with Crippen LogP contribution in [0.2, 0.25) is 0 Å². The van der Waals surface area contributed by atoms with Crippen molar-refractivity contribution in [2.24, 2.45) is 17.8 Å². The van der Waals surface area contributed by atoms with Gasteiger partial charge in [-0.1, -0.05) is 94.3 Å². The molecule has 2 aromatic rings. The number of carbonyl (C=O) groups is 4. The number of esters is 4. The molecule has 2 aromatic carbocycles. The van der Waals surface area contributed by atoms with Crippen LogP contribution in [0.1, 0.15) is 31.4 Å². The highest BCUT2D eigenvalue weighted by molar-refractivity contribution is 5.82. The number of hydrogen-bond donors (Lipinski definition) is 1. The molecule has 0 aromatic heterocycles. The van der Waals surface area contributed by atoms with E-state index >= 15 is 0 Å². The van der Waals surface area contributed by atoms with Gasteiger partial charge in [0, 0.05) is 47.5 Å². The Labute approximate surface area is 297 Å². The minimum absolute atomic E-state index is 0.0693. The van der Waals surface area contributed by atoms with E-state index in [9.17, 15) is 19.2 Å². The Hall–Kier alpha value is -5.44. The van der Waals surface area contributed by atoms with Crippen molar-refractivity contribution in [2.75, 3.05) is 31.7 Å². The van der Waals surface area contributed by atoms with Crippen LogP contribution in [-0.4, -0.2) is 50.3 Å². The first kappa shape index (κ1) is 42.6. The molecule has 1 aliphatic rings. The van der Waals surface area contributed by atoms with Crippen LogP contribution >= 0.6 is 0 Å². The van der Waals surface area contributed by atoms with Gasteiger partial charge in [-0.3, -0.25) is 0 Å². The average molecular weight is 685 g/mol. The topological polar surface area (TPSA) is 117 Å². The zero-order valence-corrected chi connectivity index (χ0v) is 29.4. The summed E-state index contributed by atoms with van der Waals surface area (Å²) in [6.07, 6.45) is 15.8. The van der Waals surface area contributed by atoms with Gasteiger partial charge in [0.15, 0.2) is 0 Å². The number of nitrogens with one attached hydrogen (secondary N) is 1. The fourth-order valence-electron chi connectivity index (χ4n) is 4.33. The number of ether oxygens (including phenoxy) is 4. The second-order valence-electron chi connectivity index (χ2n) is 10.8. The molecule has 0 aliphatic heterocycles. The van der Waals surface area contributed by atoms with E-state index in [2.05, 4.69) is 56.3 Å². The molecule has 0 heterocycles. The van der Waals surface area contributed by atoms with Gasteiger partial charge in [0.2, 0.25) is 0 Å². The summed E-state index contributed by atoms with van der Waals surface area (Å²) in [4.78, 5) is 44.9. The molecule has 3 rings (SSSR count). The lowest BCUT2D eigenvalue weighted by Gasteiger charge is -2.21. The molecule has 1 radical (unpaired) electrons. The van der Waals surface area contributed by atoms with Crippen molar-refractivity contribution in [1.82, 2.24) is 0 Å². The maximum absolute atomic E-state index is 11.3.